The van der Waals surface area contributed by atoms with E-state index in [0.717, 1.165) is 25.7 Å². The Balaban J connectivity index is 2.05. The van der Waals surface area contributed by atoms with Crippen molar-refractivity contribution in [2.75, 3.05) is 12.4 Å². The molecule has 6 heteroatoms. The Hall–Kier alpha value is -1.59. The molecular weight excluding hydrogens is 268 g/mol. The van der Waals surface area contributed by atoms with E-state index in [1.54, 1.807) is 7.05 Å². The van der Waals surface area contributed by atoms with Crippen LogP contribution in [0.15, 0.2) is 0 Å². The Morgan fingerprint density at radius 2 is 1.71 bits per heavy atom. The second-order valence-corrected chi connectivity index (χ2v) is 6.62. The van der Waals surface area contributed by atoms with E-state index in [2.05, 4.69) is 34.1 Å². The Labute approximate surface area is 126 Å². The van der Waals surface area contributed by atoms with Crippen LogP contribution in [0.4, 0.5) is 5.95 Å². The van der Waals surface area contributed by atoms with Crippen LogP contribution >= 0.6 is 0 Å². The van der Waals surface area contributed by atoms with Crippen LogP contribution in [0.1, 0.15) is 53.4 Å². The molecule has 0 aliphatic heterocycles. The third-order valence-electron chi connectivity index (χ3n) is 3.72. The van der Waals surface area contributed by atoms with E-state index in [1.165, 1.54) is 0 Å². The van der Waals surface area contributed by atoms with Crippen molar-refractivity contribution in [2.45, 2.75) is 65.6 Å². The Bertz CT molecular complexity index is 467. The zero-order valence-electron chi connectivity index (χ0n) is 13.6. The number of ether oxygens (including phenoxy) is 2. The fourth-order valence-corrected chi connectivity index (χ4v) is 2.41. The monoisotopic (exact) mass is 294 g/mol. The fraction of sp³-hybridized carbons (Fsp3) is 0.800. The molecule has 0 aromatic carbocycles. The third kappa shape index (κ3) is 4.72. The first kappa shape index (κ1) is 15.8. The van der Waals surface area contributed by atoms with Gasteiger partial charge in [-0.3, -0.25) is 0 Å². The molecule has 1 saturated carbocycles. The van der Waals surface area contributed by atoms with Crippen molar-refractivity contribution in [1.29, 1.82) is 0 Å². The summed E-state index contributed by atoms with van der Waals surface area (Å²) >= 11 is 0. The van der Waals surface area contributed by atoms with Gasteiger partial charge in [-0.15, -0.1) is 4.98 Å². The first-order chi connectivity index (χ1) is 9.88. The highest BCUT2D eigenvalue weighted by molar-refractivity contribution is 5.26. The summed E-state index contributed by atoms with van der Waals surface area (Å²) in [6.45, 7) is 8.48. The number of anilines is 1. The van der Waals surface area contributed by atoms with Crippen LogP contribution in [-0.4, -0.2) is 34.2 Å². The number of hydrogen-bond donors (Lipinski definition) is 1. The van der Waals surface area contributed by atoms with Crippen LogP contribution in [0.5, 0.6) is 12.0 Å². The van der Waals surface area contributed by atoms with Gasteiger partial charge >= 0.3 is 12.0 Å². The molecular formula is C15H26N4O2. The minimum Gasteiger partial charge on any atom is -0.461 e. The summed E-state index contributed by atoms with van der Waals surface area (Å²) in [6, 6.07) is 0.644. The lowest BCUT2D eigenvalue weighted by Crippen LogP contribution is -2.29. The van der Waals surface area contributed by atoms with Gasteiger partial charge in [-0.05, 0) is 44.9 Å². The molecule has 0 amide bonds. The number of nitrogens with one attached hydrogen (secondary N) is 1. The summed E-state index contributed by atoms with van der Waals surface area (Å²) in [4.78, 5) is 12.7. The van der Waals surface area contributed by atoms with Crippen molar-refractivity contribution >= 4 is 5.95 Å². The van der Waals surface area contributed by atoms with Crippen molar-refractivity contribution < 1.29 is 9.47 Å². The summed E-state index contributed by atoms with van der Waals surface area (Å²) < 4.78 is 11.5. The summed E-state index contributed by atoms with van der Waals surface area (Å²) in [7, 11) is 1.77. The number of rotatable bonds is 5. The summed E-state index contributed by atoms with van der Waals surface area (Å²) in [5, 5.41) is 2.91. The fourth-order valence-electron chi connectivity index (χ4n) is 2.41. The normalized spacial score (nSPS) is 18.6. The van der Waals surface area contributed by atoms with Crippen molar-refractivity contribution in [3.63, 3.8) is 0 Å². The summed E-state index contributed by atoms with van der Waals surface area (Å²) in [5.74, 6) is 0.465. The van der Waals surface area contributed by atoms with Crippen LogP contribution in [0.2, 0.25) is 0 Å². The van der Waals surface area contributed by atoms with E-state index in [9.17, 15) is 0 Å². The SMILES string of the molecule is CNc1nc(OC(C)C)nc(OC2CCC(C)(C)CC2)n1. The molecule has 1 fully saturated rings. The molecule has 1 aliphatic rings. The van der Waals surface area contributed by atoms with Gasteiger partial charge < -0.3 is 14.8 Å². The molecule has 6 nitrogen and oxygen atoms in total. The quantitative estimate of drug-likeness (QED) is 0.900. The summed E-state index contributed by atoms with van der Waals surface area (Å²) in [6.07, 6.45) is 4.59. The highest BCUT2D eigenvalue weighted by atomic mass is 16.5. The van der Waals surface area contributed by atoms with E-state index >= 15 is 0 Å². The lowest BCUT2D eigenvalue weighted by molar-refractivity contribution is 0.0889. The standard InChI is InChI=1S/C15H26N4O2/c1-10(2)20-13-17-12(16-5)18-14(19-13)21-11-6-8-15(3,4)9-7-11/h10-11H,6-9H2,1-5H3,(H,16,17,18,19). The third-order valence-corrected chi connectivity index (χ3v) is 3.72. The van der Waals surface area contributed by atoms with Gasteiger partial charge in [-0.25, -0.2) is 0 Å². The van der Waals surface area contributed by atoms with Crippen molar-refractivity contribution in [3.8, 4) is 12.0 Å². The predicted molar refractivity (Wildman–Crippen MR) is 81.8 cm³/mol. The first-order valence-electron chi connectivity index (χ1n) is 7.65. The molecule has 21 heavy (non-hydrogen) atoms. The molecule has 2 rings (SSSR count). The van der Waals surface area contributed by atoms with Gasteiger partial charge in [-0.1, -0.05) is 13.8 Å². The van der Waals surface area contributed by atoms with Gasteiger partial charge in [0, 0.05) is 7.05 Å². The van der Waals surface area contributed by atoms with Gasteiger partial charge in [0.2, 0.25) is 5.95 Å². The number of aromatic nitrogens is 3. The average Bonchev–Trinajstić information content (AvgIpc) is 2.40. The maximum atomic E-state index is 5.93. The molecule has 0 bridgehead atoms. The molecule has 1 heterocycles. The lowest BCUT2D eigenvalue weighted by Gasteiger charge is -2.33. The van der Waals surface area contributed by atoms with Crippen LogP contribution in [0.3, 0.4) is 0 Å². The Kier molecular flexibility index (Phi) is 4.85. The topological polar surface area (TPSA) is 69.2 Å². The number of nitrogens with zero attached hydrogens (tertiary/aromatic N) is 3. The van der Waals surface area contributed by atoms with E-state index in [1.807, 2.05) is 13.8 Å². The summed E-state index contributed by atoms with van der Waals surface area (Å²) in [5.41, 5.74) is 0.418. The van der Waals surface area contributed by atoms with E-state index in [-0.39, 0.29) is 12.2 Å². The zero-order chi connectivity index (χ0) is 15.5. The van der Waals surface area contributed by atoms with Crippen molar-refractivity contribution in [1.82, 2.24) is 15.0 Å². The second kappa shape index (κ2) is 6.45. The minimum atomic E-state index is 0.0143. The predicted octanol–water partition coefficient (Wildman–Crippen LogP) is 3.05. The highest BCUT2D eigenvalue weighted by Gasteiger charge is 2.28. The van der Waals surface area contributed by atoms with Gasteiger partial charge in [0.1, 0.15) is 6.10 Å². The highest BCUT2D eigenvalue weighted by Crippen LogP contribution is 2.36. The zero-order valence-corrected chi connectivity index (χ0v) is 13.6. The molecule has 1 aromatic heterocycles. The number of hydrogen-bond acceptors (Lipinski definition) is 6. The van der Waals surface area contributed by atoms with Crippen LogP contribution in [0, 0.1) is 5.41 Å². The smallest absolute Gasteiger partial charge is 0.324 e. The maximum Gasteiger partial charge on any atom is 0.324 e. The molecule has 0 atom stereocenters. The van der Waals surface area contributed by atoms with E-state index < -0.39 is 0 Å². The molecule has 1 N–H and O–H groups in total. The van der Waals surface area contributed by atoms with Gasteiger partial charge in [0.15, 0.2) is 0 Å². The second-order valence-electron chi connectivity index (χ2n) is 6.62. The molecule has 0 saturated heterocycles. The first-order valence-corrected chi connectivity index (χ1v) is 7.65. The molecule has 0 spiro atoms. The van der Waals surface area contributed by atoms with Crippen molar-refractivity contribution in [2.24, 2.45) is 5.41 Å². The molecule has 1 aliphatic carbocycles. The average molecular weight is 294 g/mol. The molecule has 118 valence electrons. The Morgan fingerprint density at radius 3 is 2.29 bits per heavy atom. The van der Waals surface area contributed by atoms with Gasteiger partial charge in [-0.2, -0.15) is 9.97 Å². The van der Waals surface area contributed by atoms with Gasteiger partial charge in [0.25, 0.3) is 0 Å². The van der Waals surface area contributed by atoms with E-state index in [4.69, 9.17) is 9.47 Å². The van der Waals surface area contributed by atoms with Crippen LogP contribution in [-0.2, 0) is 0 Å². The molecule has 0 radical (unpaired) electrons. The lowest BCUT2D eigenvalue weighted by atomic mass is 9.76. The molecule has 0 unspecified atom stereocenters. The van der Waals surface area contributed by atoms with Crippen LogP contribution in [0.25, 0.3) is 0 Å². The Morgan fingerprint density at radius 1 is 1.10 bits per heavy atom. The maximum absolute atomic E-state index is 5.93. The minimum absolute atomic E-state index is 0.0143. The van der Waals surface area contributed by atoms with Crippen LogP contribution < -0.4 is 14.8 Å². The largest absolute Gasteiger partial charge is 0.461 e. The van der Waals surface area contributed by atoms with Gasteiger partial charge in [0.05, 0.1) is 6.10 Å². The van der Waals surface area contributed by atoms with E-state index in [0.29, 0.717) is 23.4 Å². The molecule has 1 aromatic rings. The van der Waals surface area contributed by atoms with Crippen molar-refractivity contribution in [3.05, 3.63) is 0 Å².